The first-order valence-electron chi connectivity index (χ1n) is 7.34. The van der Waals surface area contributed by atoms with Crippen molar-refractivity contribution in [1.29, 1.82) is 0 Å². The van der Waals surface area contributed by atoms with Crippen molar-refractivity contribution < 1.29 is 4.79 Å². The number of thiophene rings is 1. The van der Waals surface area contributed by atoms with Crippen molar-refractivity contribution in [2.45, 2.75) is 47.0 Å². The summed E-state index contributed by atoms with van der Waals surface area (Å²) < 4.78 is 1.07. The van der Waals surface area contributed by atoms with Crippen LogP contribution in [0.15, 0.2) is 9.85 Å². The van der Waals surface area contributed by atoms with Gasteiger partial charge < -0.3 is 4.90 Å². The molecule has 1 fully saturated rings. The van der Waals surface area contributed by atoms with Gasteiger partial charge in [0.25, 0.3) is 5.91 Å². The number of nitrogens with zero attached hydrogens (tertiary/aromatic N) is 1. The van der Waals surface area contributed by atoms with Gasteiger partial charge in [-0.05, 0) is 65.1 Å². The Morgan fingerprint density at radius 3 is 2.60 bits per heavy atom. The summed E-state index contributed by atoms with van der Waals surface area (Å²) in [6, 6.07) is 2.00. The van der Waals surface area contributed by atoms with E-state index in [9.17, 15) is 4.79 Å². The fraction of sp³-hybridized carbons (Fsp3) is 0.688. The van der Waals surface area contributed by atoms with Crippen molar-refractivity contribution in [3.63, 3.8) is 0 Å². The topological polar surface area (TPSA) is 20.3 Å². The standard InChI is InChI=1S/C16H24BrNOS/c1-11-10-13(20-14(11)17)15(19)18-8-5-6-12(7-9-18)16(2,3)4/h10,12H,5-9H2,1-4H3. The third-order valence-corrected chi connectivity index (χ3v) is 6.43. The number of likely N-dealkylation sites (tertiary alicyclic amines) is 1. The molecule has 1 aliphatic heterocycles. The van der Waals surface area contributed by atoms with E-state index in [1.807, 2.05) is 17.9 Å². The number of halogens is 1. The number of aryl methyl sites for hydroxylation is 1. The maximum Gasteiger partial charge on any atom is 0.263 e. The van der Waals surface area contributed by atoms with E-state index in [1.54, 1.807) is 11.3 Å². The third kappa shape index (κ3) is 3.64. The lowest BCUT2D eigenvalue weighted by atomic mass is 9.77. The average Bonchev–Trinajstić information content (AvgIpc) is 2.58. The van der Waals surface area contributed by atoms with Crippen LogP contribution in [0.1, 0.15) is 55.3 Å². The molecule has 1 aliphatic rings. The number of carbonyl (C=O) groups excluding carboxylic acids is 1. The molecule has 2 nitrogen and oxygen atoms in total. The van der Waals surface area contributed by atoms with E-state index < -0.39 is 0 Å². The van der Waals surface area contributed by atoms with Gasteiger partial charge in [-0.25, -0.2) is 0 Å². The van der Waals surface area contributed by atoms with Gasteiger partial charge in [-0.1, -0.05) is 20.8 Å². The van der Waals surface area contributed by atoms with Crippen molar-refractivity contribution in [2.75, 3.05) is 13.1 Å². The number of carbonyl (C=O) groups is 1. The summed E-state index contributed by atoms with van der Waals surface area (Å²) in [5.41, 5.74) is 1.50. The molecule has 2 heterocycles. The smallest absolute Gasteiger partial charge is 0.263 e. The summed E-state index contributed by atoms with van der Waals surface area (Å²) in [4.78, 5) is 15.5. The summed E-state index contributed by atoms with van der Waals surface area (Å²) >= 11 is 5.06. The van der Waals surface area contributed by atoms with Crippen molar-refractivity contribution in [3.8, 4) is 0 Å². The minimum Gasteiger partial charge on any atom is -0.338 e. The zero-order chi connectivity index (χ0) is 14.9. The van der Waals surface area contributed by atoms with E-state index in [-0.39, 0.29) is 5.91 Å². The zero-order valence-corrected chi connectivity index (χ0v) is 15.2. The average molecular weight is 358 g/mol. The Kier molecular flexibility index (Phi) is 4.96. The van der Waals surface area contributed by atoms with Gasteiger partial charge in [-0.2, -0.15) is 0 Å². The van der Waals surface area contributed by atoms with Crippen molar-refractivity contribution >= 4 is 33.2 Å². The van der Waals surface area contributed by atoms with Gasteiger partial charge in [0.1, 0.15) is 0 Å². The molecule has 1 amide bonds. The highest BCUT2D eigenvalue weighted by Crippen LogP contribution is 2.35. The minimum absolute atomic E-state index is 0.207. The van der Waals surface area contributed by atoms with Gasteiger partial charge in [0.2, 0.25) is 0 Å². The minimum atomic E-state index is 0.207. The zero-order valence-electron chi connectivity index (χ0n) is 12.8. The van der Waals surface area contributed by atoms with Gasteiger partial charge >= 0.3 is 0 Å². The molecule has 1 aromatic rings. The monoisotopic (exact) mass is 357 g/mol. The molecular formula is C16H24BrNOS. The normalized spacial score (nSPS) is 20.9. The van der Waals surface area contributed by atoms with Crippen LogP contribution in [0.4, 0.5) is 0 Å². The quantitative estimate of drug-likeness (QED) is 0.683. The van der Waals surface area contributed by atoms with E-state index in [2.05, 4.69) is 36.7 Å². The molecule has 0 radical (unpaired) electrons. The van der Waals surface area contributed by atoms with Crippen LogP contribution >= 0.6 is 27.3 Å². The highest BCUT2D eigenvalue weighted by atomic mass is 79.9. The Morgan fingerprint density at radius 1 is 1.35 bits per heavy atom. The summed E-state index contributed by atoms with van der Waals surface area (Å²) in [5, 5.41) is 0. The van der Waals surface area contributed by atoms with Gasteiger partial charge in [-0.3, -0.25) is 4.79 Å². The summed E-state index contributed by atoms with van der Waals surface area (Å²) in [6.45, 7) is 10.8. The predicted molar refractivity (Wildman–Crippen MR) is 89.5 cm³/mol. The van der Waals surface area contributed by atoms with Gasteiger partial charge in [0.05, 0.1) is 8.66 Å². The number of amides is 1. The molecule has 1 atom stereocenters. The first-order chi connectivity index (χ1) is 9.29. The Balaban J connectivity index is 2.05. The fourth-order valence-electron chi connectivity index (χ4n) is 2.89. The second kappa shape index (κ2) is 6.18. The van der Waals surface area contributed by atoms with Crippen LogP contribution in [-0.2, 0) is 0 Å². The molecule has 112 valence electrons. The predicted octanol–water partition coefficient (Wildman–Crippen LogP) is 5.11. The van der Waals surface area contributed by atoms with Crippen LogP contribution in [0.3, 0.4) is 0 Å². The summed E-state index contributed by atoms with van der Waals surface area (Å²) in [7, 11) is 0. The molecule has 4 heteroatoms. The molecule has 1 unspecified atom stereocenters. The molecule has 0 aliphatic carbocycles. The highest BCUT2D eigenvalue weighted by Gasteiger charge is 2.29. The Morgan fingerprint density at radius 2 is 2.05 bits per heavy atom. The molecule has 2 rings (SSSR count). The maximum atomic E-state index is 12.6. The molecule has 0 saturated carbocycles. The maximum absolute atomic E-state index is 12.6. The van der Waals surface area contributed by atoms with Crippen LogP contribution in [0, 0.1) is 18.3 Å². The molecule has 20 heavy (non-hydrogen) atoms. The molecule has 1 aromatic heterocycles. The lowest BCUT2D eigenvalue weighted by molar-refractivity contribution is 0.0760. The molecule has 0 aromatic carbocycles. The first-order valence-corrected chi connectivity index (χ1v) is 8.95. The second-order valence-corrected chi connectivity index (χ2v) is 9.22. The van der Waals surface area contributed by atoms with Crippen LogP contribution in [0.25, 0.3) is 0 Å². The Labute approximate surface area is 134 Å². The SMILES string of the molecule is Cc1cc(C(=O)N2CCCC(C(C)(C)C)CC2)sc1Br. The summed E-state index contributed by atoms with van der Waals surface area (Å²) in [6.07, 6.45) is 3.49. The van der Waals surface area contributed by atoms with E-state index in [0.29, 0.717) is 5.41 Å². The van der Waals surface area contributed by atoms with Crippen molar-refractivity contribution in [1.82, 2.24) is 4.90 Å². The lowest BCUT2D eigenvalue weighted by Gasteiger charge is -2.29. The Hall–Kier alpha value is -0.350. The molecule has 1 saturated heterocycles. The molecule has 0 bridgehead atoms. The van der Waals surface area contributed by atoms with Gasteiger partial charge in [-0.15, -0.1) is 11.3 Å². The number of hydrogen-bond donors (Lipinski definition) is 0. The molecular weight excluding hydrogens is 334 g/mol. The van der Waals surface area contributed by atoms with E-state index in [0.717, 1.165) is 46.1 Å². The van der Waals surface area contributed by atoms with Crippen LogP contribution in [0.2, 0.25) is 0 Å². The highest BCUT2D eigenvalue weighted by molar-refractivity contribution is 9.11. The van der Waals surface area contributed by atoms with Crippen LogP contribution < -0.4 is 0 Å². The Bertz CT molecular complexity index is 470. The van der Waals surface area contributed by atoms with Crippen LogP contribution in [-0.4, -0.2) is 23.9 Å². The number of rotatable bonds is 1. The van der Waals surface area contributed by atoms with E-state index >= 15 is 0 Å². The van der Waals surface area contributed by atoms with Gasteiger partial charge in [0, 0.05) is 13.1 Å². The first kappa shape index (κ1) is 16.0. The lowest BCUT2D eigenvalue weighted by Crippen LogP contribution is -2.32. The van der Waals surface area contributed by atoms with Crippen molar-refractivity contribution in [2.24, 2.45) is 11.3 Å². The van der Waals surface area contributed by atoms with Gasteiger partial charge in [0.15, 0.2) is 0 Å². The van der Waals surface area contributed by atoms with E-state index in [1.165, 1.54) is 6.42 Å². The van der Waals surface area contributed by atoms with E-state index in [4.69, 9.17) is 0 Å². The second-order valence-electron chi connectivity index (χ2n) is 6.85. The van der Waals surface area contributed by atoms with Crippen LogP contribution in [0.5, 0.6) is 0 Å². The van der Waals surface area contributed by atoms with Crippen molar-refractivity contribution in [3.05, 3.63) is 20.3 Å². The molecule has 0 N–H and O–H groups in total. The largest absolute Gasteiger partial charge is 0.338 e. The molecule has 0 spiro atoms. The fourth-order valence-corrected chi connectivity index (χ4v) is 4.39. The number of hydrogen-bond acceptors (Lipinski definition) is 2. The third-order valence-electron chi connectivity index (χ3n) is 4.31. The summed E-state index contributed by atoms with van der Waals surface area (Å²) in [5.74, 6) is 0.926.